The van der Waals surface area contributed by atoms with Gasteiger partial charge in [0.15, 0.2) is 6.29 Å². The molecule has 0 bridgehead atoms. The maximum Gasteiger partial charge on any atom is 0.152 e. The van der Waals surface area contributed by atoms with Crippen molar-refractivity contribution >= 4 is 17.2 Å². The number of ether oxygens (including phenoxy) is 1. The van der Waals surface area contributed by atoms with Crippen LogP contribution in [-0.4, -0.2) is 10.9 Å². The van der Waals surface area contributed by atoms with Gasteiger partial charge >= 0.3 is 0 Å². The molecule has 0 aliphatic carbocycles. The average Bonchev–Trinajstić information content (AvgIpc) is 3.06. The number of hydrogen-bond donors (Lipinski definition) is 0. The highest BCUT2D eigenvalue weighted by Gasteiger charge is 2.07. The van der Waals surface area contributed by atoms with Gasteiger partial charge < -0.3 is 9.30 Å². The lowest BCUT2D eigenvalue weighted by atomic mass is 10.2. The molecule has 0 aliphatic heterocycles. The summed E-state index contributed by atoms with van der Waals surface area (Å²) in [6, 6.07) is 26.2. The minimum absolute atomic E-state index is 0.561. The SMILES string of the molecule is O=Cc1cn(Cc2ccc(OCc3ccccc3)cc2)c2ccccc12. The first-order valence-corrected chi connectivity index (χ1v) is 8.62. The molecule has 0 aliphatic rings. The van der Waals surface area contributed by atoms with E-state index in [9.17, 15) is 4.79 Å². The zero-order chi connectivity index (χ0) is 17.8. The van der Waals surface area contributed by atoms with Gasteiger partial charge in [0.05, 0.1) is 0 Å². The molecule has 0 N–H and O–H groups in total. The third kappa shape index (κ3) is 3.38. The van der Waals surface area contributed by atoms with E-state index in [0.29, 0.717) is 13.2 Å². The third-order valence-corrected chi connectivity index (χ3v) is 4.47. The Kier molecular flexibility index (Phi) is 4.52. The molecular weight excluding hydrogens is 322 g/mol. The lowest BCUT2D eigenvalue weighted by molar-refractivity contribution is 0.112. The molecule has 26 heavy (non-hydrogen) atoms. The van der Waals surface area contributed by atoms with Crippen LogP contribution < -0.4 is 4.74 Å². The van der Waals surface area contributed by atoms with Gasteiger partial charge in [0.25, 0.3) is 0 Å². The minimum atomic E-state index is 0.561. The predicted octanol–water partition coefficient (Wildman–Crippen LogP) is 5.08. The number of carbonyl (C=O) groups excluding carboxylic acids is 1. The first-order valence-electron chi connectivity index (χ1n) is 8.62. The minimum Gasteiger partial charge on any atom is -0.489 e. The number of para-hydroxylation sites is 1. The van der Waals surface area contributed by atoms with Crippen molar-refractivity contribution in [2.24, 2.45) is 0 Å². The fourth-order valence-corrected chi connectivity index (χ4v) is 3.13. The molecule has 4 aromatic rings. The maximum atomic E-state index is 11.3. The third-order valence-electron chi connectivity index (χ3n) is 4.47. The van der Waals surface area contributed by atoms with Gasteiger partial charge in [-0.25, -0.2) is 0 Å². The number of nitrogens with zero attached hydrogens (tertiary/aromatic N) is 1. The number of aromatic nitrogens is 1. The fourth-order valence-electron chi connectivity index (χ4n) is 3.13. The summed E-state index contributed by atoms with van der Waals surface area (Å²) in [6.07, 6.45) is 2.83. The van der Waals surface area contributed by atoms with E-state index >= 15 is 0 Å². The molecule has 0 spiro atoms. The highest BCUT2D eigenvalue weighted by molar-refractivity contribution is 5.97. The van der Waals surface area contributed by atoms with E-state index in [-0.39, 0.29) is 0 Å². The van der Waals surface area contributed by atoms with Gasteiger partial charge in [0, 0.05) is 29.2 Å². The normalized spacial score (nSPS) is 10.8. The highest BCUT2D eigenvalue weighted by Crippen LogP contribution is 2.22. The Hall–Kier alpha value is -3.33. The van der Waals surface area contributed by atoms with Crippen LogP contribution in [0, 0.1) is 0 Å². The lowest BCUT2D eigenvalue weighted by Gasteiger charge is -2.09. The topological polar surface area (TPSA) is 31.2 Å². The van der Waals surface area contributed by atoms with Crippen LogP contribution in [0.25, 0.3) is 10.9 Å². The predicted molar refractivity (Wildman–Crippen MR) is 104 cm³/mol. The molecule has 0 saturated carbocycles. The average molecular weight is 341 g/mol. The maximum absolute atomic E-state index is 11.3. The van der Waals surface area contributed by atoms with Crippen LogP contribution >= 0.6 is 0 Å². The zero-order valence-corrected chi connectivity index (χ0v) is 14.3. The van der Waals surface area contributed by atoms with E-state index in [1.165, 1.54) is 0 Å². The molecular formula is C23H19NO2. The molecule has 0 atom stereocenters. The van der Waals surface area contributed by atoms with Gasteiger partial charge in [-0.15, -0.1) is 0 Å². The van der Waals surface area contributed by atoms with Gasteiger partial charge in [-0.3, -0.25) is 4.79 Å². The van der Waals surface area contributed by atoms with Gasteiger partial charge in [0.1, 0.15) is 12.4 Å². The number of aldehydes is 1. The van der Waals surface area contributed by atoms with Gasteiger partial charge in [-0.1, -0.05) is 60.7 Å². The van der Waals surface area contributed by atoms with E-state index < -0.39 is 0 Å². The number of rotatable bonds is 6. The van der Waals surface area contributed by atoms with Crippen molar-refractivity contribution in [3.63, 3.8) is 0 Å². The highest BCUT2D eigenvalue weighted by atomic mass is 16.5. The van der Waals surface area contributed by atoms with E-state index in [1.807, 2.05) is 60.8 Å². The number of hydrogen-bond acceptors (Lipinski definition) is 2. The van der Waals surface area contributed by atoms with Crippen molar-refractivity contribution in [2.45, 2.75) is 13.2 Å². The van der Waals surface area contributed by atoms with Crippen molar-refractivity contribution in [3.05, 3.63) is 102 Å². The van der Waals surface area contributed by atoms with Crippen molar-refractivity contribution in [2.75, 3.05) is 0 Å². The Bertz CT molecular complexity index is 1020. The Balaban J connectivity index is 1.49. The Labute approximate surface area is 152 Å². The Morgan fingerprint density at radius 2 is 1.54 bits per heavy atom. The molecule has 128 valence electrons. The first-order chi connectivity index (χ1) is 12.8. The standard InChI is InChI=1S/C23H19NO2/c25-16-20-15-24(23-9-5-4-8-22(20)23)14-18-10-12-21(13-11-18)26-17-19-6-2-1-3-7-19/h1-13,15-16H,14,17H2. The van der Waals surface area contributed by atoms with Gasteiger partial charge in [0.2, 0.25) is 0 Å². The molecule has 0 amide bonds. The summed E-state index contributed by atoms with van der Waals surface area (Å²) in [5.74, 6) is 0.851. The van der Waals surface area contributed by atoms with E-state index in [1.54, 1.807) is 0 Å². The van der Waals surface area contributed by atoms with Crippen LogP contribution in [0.1, 0.15) is 21.5 Å². The van der Waals surface area contributed by atoms with E-state index in [2.05, 4.69) is 28.8 Å². The molecule has 3 aromatic carbocycles. The van der Waals surface area contributed by atoms with E-state index in [0.717, 1.165) is 39.6 Å². The van der Waals surface area contributed by atoms with Gasteiger partial charge in [-0.2, -0.15) is 0 Å². The second kappa shape index (κ2) is 7.28. The summed E-state index contributed by atoms with van der Waals surface area (Å²) >= 11 is 0. The smallest absolute Gasteiger partial charge is 0.152 e. The monoisotopic (exact) mass is 341 g/mol. The van der Waals surface area contributed by atoms with Crippen LogP contribution in [0.15, 0.2) is 85.1 Å². The molecule has 0 radical (unpaired) electrons. The molecule has 1 aromatic heterocycles. The Morgan fingerprint density at radius 3 is 2.31 bits per heavy atom. The summed E-state index contributed by atoms with van der Waals surface area (Å²) in [5, 5.41) is 0.991. The molecule has 3 heteroatoms. The summed E-state index contributed by atoms with van der Waals surface area (Å²) in [6.45, 7) is 1.28. The largest absolute Gasteiger partial charge is 0.489 e. The Morgan fingerprint density at radius 1 is 0.808 bits per heavy atom. The van der Waals surface area contributed by atoms with Crippen LogP contribution in [-0.2, 0) is 13.2 Å². The molecule has 0 fully saturated rings. The van der Waals surface area contributed by atoms with Crippen molar-refractivity contribution in [3.8, 4) is 5.75 Å². The summed E-state index contributed by atoms with van der Waals surface area (Å²) < 4.78 is 7.95. The quantitative estimate of drug-likeness (QED) is 0.458. The fraction of sp³-hybridized carbons (Fsp3) is 0.0870. The zero-order valence-electron chi connectivity index (χ0n) is 14.3. The molecule has 0 saturated heterocycles. The van der Waals surface area contributed by atoms with Crippen LogP contribution in [0.3, 0.4) is 0 Å². The van der Waals surface area contributed by atoms with E-state index in [4.69, 9.17) is 4.74 Å². The first kappa shape index (κ1) is 16.2. The molecule has 3 nitrogen and oxygen atoms in total. The number of fused-ring (bicyclic) bond motifs is 1. The van der Waals surface area contributed by atoms with Crippen LogP contribution in [0.2, 0.25) is 0 Å². The van der Waals surface area contributed by atoms with Crippen LogP contribution in [0.4, 0.5) is 0 Å². The number of benzene rings is 3. The molecule has 1 heterocycles. The molecule has 0 unspecified atom stereocenters. The number of carbonyl (C=O) groups is 1. The summed E-state index contributed by atoms with van der Waals surface area (Å²) in [5.41, 5.74) is 4.11. The second-order valence-electron chi connectivity index (χ2n) is 6.27. The van der Waals surface area contributed by atoms with Crippen LogP contribution in [0.5, 0.6) is 5.75 Å². The van der Waals surface area contributed by atoms with Gasteiger partial charge in [-0.05, 0) is 29.3 Å². The second-order valence-corrected chi connectivity index (χ2v) is 6.27. The van der Waals surface area contributed by atoms with Crippen molar-refractivity contribution < 1.29 is 9.53 Å². The molecule has 4 rings (SSSR count). The van der Waals surface area contributed by atoms with Crippen molar-refractivity contribution in [1.82, 2.24) is 4.57 Å². The lowest BCUT2D eigenvalue weighted by Crippen LogP contribution is -1.99. The summed E-state index contributed by atoms with van der Waals surface area (Å²) in [4.78, 5) is 11.3. The summed E-state index contributed by atoms with van der Waals surface area (Å²) in [7, 11) is 0. The van der Waals surface area contributed by atoms with Crippen molar-refractivity contribution in [1.29, 1.82) is 0 Å².